The molecule has 1 N–H and O–H groups in total. The molecular weight excluding hydrogens is 322 g/mol. The highest BCUT2D eigenvalue weighted by molar-refractivity contribution is 6.30. The molecule has 0 aliphatic carbocycles. The number of rotatable bonds is 5. The molecule has 0 bridgehead atoms. The lowest BCUT2D eigenvalue weighted by Crippen LogP contribution is -1.94. The van der Waals surface area contributed by atoms with E-state index in [0.717, 1.165) is 16.9 Å². The van der Waals surface area contributed by atoms with Crippen LogP contribution in [0.3, 0.4) is 0 Å². The van der Waals surface area contributed by atoms with Crippen molar-refractivity contribution < 1.29 is 9.84 Å². The first kappa shape index (κ1) is 16.1. The third kappa shape index (κ3) is 4.37. The Bertz CT molecular complexity index is 830. The van der Waals surface area contributed by atoms with Gasteiger partial charge in [0.25, 0.3) is 0 Å². The zero-order valence-corrected chi connectivity index (χ0v) is 13.6. The first-order valence-electron chi connectivity index (χ1n) is 7.50. The summed E-state index contributed by atoms with van der Waals surface area (Å²) in [6, 6.07) is 22.4. The number of aliphatic imine (C=N–C) groups is 1. The van der Waals surface area contributed by atoms with E-state index in [4.69, 9.17) is 16.3 Å². The van der Waals surface area contributed by atoms with Crippen molar-refractivity contribution in [1.82, 2.24) is 0 Å². The highest BCUT2D eigenvalue weighted by atomic mass is 35.5. The van der Waals surface area contributed by atoms with Gasteiger partial charge in [-0.25, -0.2) is 0 Å². The SMILES string of the molecule is Oc1ccc(Cl)cc1N=Cc1ccc(OCc2ccccc2)cc1. The molecule has 0 spiro atoms. The summed E-state index contributed by atoms with van der Waals surface area (Å²) in [6.45, 7) is 0.532. The molecule has 0 heterocycles. The third-order valence-corrected chi connectivity index (χ3v) is 3.65. The number of ether oxygens (including phenoxy) is 1. The van der Waals surface area contributed by atoms with Crippen LogP contribution in [0.15, 0.2) is 77.8 Å². The van der Waals surface area contributed by atoms with Gasteiger partial charge in [0.2, 0.25) is 0 Å². The number of hydrogen-bond acceptors (Lipinski definition) is 3. The van der Waals surface area contributed by atoms with Gasteiger partial charge in [-0.3, -0.25) is 4.99 Å². The van der Waals surface area contributed by atoms with Gasteiger partial charge < -0.3 is 9.84 Å². The van der Waals surface area contributed by atoms with E-state index < -0.39 is 0 Å². The minimum absolute atomic E-state index is 0.0958. The normalized spacial score (nSPS) is 10.9. The summed E-state index contributed by atoms with van der Waals surface area (Å²) in [7, 11) is 0. The Morgan fingerprint density at radius 3 is 2.46 bits per heavy atom. The van der Waals surface area contributed by atoms with E-state index in [1.165, 1.54) is 6.07 Å². The fourth-order valence-corrected chi connectivity index (χ4v) is 2.30. The summed E-state index contributed by atoms with van der Waals surface area (Å²) in [5, 5.41) is 10.3. The van der Waals surface area contributed by atoms with Gasteiger partial charge in [0.15, 0.2) is 0 Å². The molecule has 0 fully saturated rings. The van der Waals surface area contributed by atoms with Crippen LogP contribution in [0.5, 0.6) is 11.5 Å². The minimum Gasteiger partial charge on any atom is -0.506 e. The van der Waals surface area contributed by atoms with Crippen LogP contribution in [0.25, 0.3) is 0 Å². The van der Waals surface area contributed by atoms with Gasteiger partial charge in [-0.15, -0.1) is 0 Å². The Labute approximate surface area is 145 Å². The number of phenols is 1. The maximum absolute atomic E-state index is 9.74. The maximum atomic E-state index is 9.74. The molecule has 0 saturated heterocycles. The first-order chi connectivity index (χ1) is 11.7. The highest BCUT2D eigenvalue weighted by Gasteiger charge is 2.00. The maximum Gasteiger partial charge on any atom is 0.141 e. The second-order valence-electron chi connectivity index (χ2n) is 5.23. The molecule has 0 saturated carbocycles. The van der Waals surface area contributed by atoms with Gasteiger partial charge in [-0.2, -0.15) is 0 Å². The van der Waals surface area contributed by atoms with Crippen molar-refractivity contribution in [2.24, 2.45) is 4.99 Å². The Hall–Kier alpha value is -2.78. The molecule has 4 heteroatoms. The summed E-state index contributed by atoms with van der Waals surface area (Å²) in [6.07, 6.45) is 1.67. The van der Waals surface area contributed by atoms with E-state index in [9.17, 15) is 5.11 Å². The van der Waals surface area contributed by atoms with E-state index in [1.54, 1.807) is 18.3 Å². The minimum atomic E-state index is 0.0958. The molecule has 0 amide bonds. The lowest BCUT2D eigenvalue weighted by Gasteiger charge is -2.06. The molecule has 3 nitrogen and oxygen atoms in total. The van der Waals surface area contributed by atoms with Crippen LogP contribution >= 0.6 is 11.6 Å². The van der Waals surface area contributed by atoms with E-state index in [2.05, 4.69) is 4.99 Å². The van der Waals surface area contributed by atoms with Crippen LogP contribution in [0, 0.1) is 0 Å². The number of hydrogen-bond donors (Lipinski definition) is 1. The number of halogens is 1. The Morgan fingerprint density at radius 2 is 1.71 bits per heavy atom. The van der Waals surface area contributed by atoms with E-state index in [1.807, 2.05) is 54.6 Å². The van der Waals surface area contributed by atoms with Gasteiger partial charge in [0, 0.05) is 11.2 Å². The zero-order valence-electron chi connectivity index (χ0n) is 12.9. The summed E-state index contributed by atoms with van der Waals surface area (Å²) in [5.41, 5.74) is 2.47. The van der Waals surface area contributed by atoms with Crippen molar-refractivity contribution in [2.75, 3.05) is 0 Å². The van der Waals surface area contributed by atoms with Gasteiger partial charge in [-0.05, 0) is 53.6 Å². The van der Waals surface area contributed by atoms with Gasteiger partial charge in [-0.1, -0.05) is 41.9 Å². The fourth-order valence-electron chi connectivity index (χ4n) is 2.14. The van der Waals surface area contributed by atoms with Crippen molar-refractivity contribution in [2.45, 2.75) is 6.61 Å². The highest BCUT2D eigenvalue weighted by Crippen LogP contribution is 2.29. The third-order valence-electron chi connectivity index (χ3n) is 3.42. The lowest BCUT2D eigenvalue weighted by molar-refractivity contribution is 0.306. The molecule has 24 heavy (non-hydrogen) atoms. The van der Waals surface area contributed by atoms with Crippen molar-refractivity contribution in [3.05, 3.63) is 88.9 Å². The summed E-state index contributed by atoms with van der Waals surface area (Å²) < 4.78 is 5.74. The van der Waals surface area contributed by atoms with E-state index in [-0.39, 0.29) is 5.75 Å². The van der Waals surface area contributed by atoms with Gasteiger partial charge in [0.05, 0.1) is 0 Å². The van der Waals surface area contributed by atoms with E-state index >= 15 is 0 Å². The Kier molecular flexibility index (Phi) is 5.14. The largest absolute Gasteiger partial charge is 0.506 e. The van der Waals surface area contributed by atoms with Crippen molar-refractivity contribution in [1.29, 1.82) is 0 Å². The first-order valence-corrected chi connectivity index (χ1v) is 7.88. The average Bonchev–Trinajstić information content (AvgIpc) is 2.62. The lowest BCUT2D eigenvalue weighted by atomic mass is 10.2. The molecule has 3 rings (SSSR count). The predicted octanol–water partition coefficient (Wildman–Crippen LogP) is 5.38. The van der Waals surface area contributed by atoms with Crippen LogP contribution in [0.4, 0.5) is 5.69 Å². The zero-order chi connectivity index (χ0) is 16.8. The number of aromatic hydroxyl groups is 1. The average molecular weight is 338 g/mol. The topological polar surface area (TPSA) is 41.8 Å². The van der Waals surface area contributed by atoms with Crippen molar-refractivity contribution in [3.63, 3.8) is 0 Å². The van der Waals surface area contributed by atoms with Crippen molar-refractivity contribution >= 4 is 23.5 Å². The molecular formula is C20H16ClNO2. The second-order valence-corrected chi connectivity index (χ2v) is 5.67. The van der Waals surface area contributed by atoms with E-state index in [0.29, 0.717) is 17.3 Å². The quantitative estimate of drug-likeness (QED) is 0.635. The summed E-state index contributed by atoms with van der Waals surface area (Å²) in [5.74, 6) is 0.889. The summed E-state index contributed by atoms with van der Waals surface area (Å²) >= 11 is 5.90. The van der Waals surface area contributed by atoms with Crippen LogP contribution in [-0.4, -0.2) is 11.3 Å². The Balaban J connectivity index is 1.64. The molecule has 0 unspecified atom stereocenters. The smallest absolute Gasteiger partial charge is 0.141 e. The molecule has 3 aromatic carbocycles. The predicted molar refractivity (Wildman–Crippen MR) is 97.6 cm³/mol. The molecule has 0 aliphatic heterocycles. The molecule has 3 aromatic rings. The van der Waals surface area contributed by atoms with Crippen LogP contribution in [-0.2, 0) is 6.61 Å². The van der Waals surface area contributed by atoms with Gasteiger partial charge in [0.1, 0.15) is 23.8 Å². The molecule has 0 aliphatic rings. The number of phenolic OH excluding ortho intramolecular Hbond substituents is 1. The number of benzene rings is 3. The molecule has 0 radical (unpaired) electrons. The van der Waals surface area contributed by atoms with Crippen LogP contribution < -0.4 is 4.74 Å². The van der Waals surface area contributed by atoms with Gasteiger partial charge >= 0.3 is 0 Å². The summed E-state index contributed by atoms with van der Waals surface area (Å²) in [4.78, 5) is 4.26. The number of nitrogens with zero attached hydrogens (tertiary/aromatic N) is 1. The molecule has 0 atom stereocenters. The monoisotopic (exact) mass is 337 g/mol. The molecule has 0 aromatic heterocycles. The fraction of sp³-hybridized carbons (Fsp3) is 0.0500. The standard InChI is InChI=1S/C20H16ClNO2/c21-17-8-11-20(23)19(12-17)22-13-15-6-9-18(10-7-15)24-14-16-4-2-1-3-5-16/h1-13,23H,14H2. The van der Waals surface area contributed by atoms with Crippen LogP contribution in [0.2, 0.25) is 5.02 Å². The van der Waals surface area contributed by atoms with Crippen LogP contribution in [0.1, 0.15) is 11.1 Å². The Morgan fingerprint density at radius 1 is 0.958 bits per heavy atom. The van der Waals surface area contributed by atoms with Crippen molar-refractivity contribution in [3.8, 4) is 11.5 Å². The molecule has 120 valence electrons. The second kappa shape index (κ2) is 7.66.